The predicted octanol–water partition coefficient (Wildman–Crippen LogP) is 2.67. The maximum absolute atomic E-state index is 14.2. The van der Waals surface area contributed by atoms with E-state index in [0.29, 0.717) is 24.1 Å². The molecule has 3 rings (SSSR count). The summed E-state index contributed by atoms with van der Waals surface area (Å²) in [7, 11) is 0. The third-order valence-electron chi connectivity index (χ3n) is 3.21. The Kier molecular flexibility index (Phi) is 2.36. The molecule has 0 saturated carbocycles. The fraction of sp³-hybridized carbons (Fsp3) is 0.417. The van der Waals surface area contributed by atoms with Crippen LogP contribution in [0.15, 0.2) is 29.0 Å². The van der Waals surface area contributed by atoms with Crippen molar-refractivity contribution in [3.05, 3.63) is 30.2 Å². The lowest BCUT2D eigenvalue weighted by Crippen LogP contribution is -2.38. The summed E-state index contributed by atoms with van der Waals surface area (Å²) < 4.78 is 33.4. The van der Waals surface area contributed by atoms with Gasteiger partial charge < -0.3 is 9.73 Å². The van der Waals surface area contributed by atoms with E-state index in [4.69, 9.17) is 4.42 Å². The van der Waals surface area contributed by atoms with Crippen LogP contribution in [0.5, 0.6) is 0 Å². The average molecular weight is 238 g/mol. The number of fused-ring (bicyclic) bond motifs is 1. The standard InChI is InChI=1S/C12H12F2N2O/c13-12(14,11-2-1-5-15-11)8-3-4-9-10(6-8)17-7-16-9/h3-4,6-7,11,15H,1-2,5H2. The van der Waals surface area contributed by atoms with E-state index in [-0.39, 0.29) is 5.56 Å². The van der Waals surface area contributed by atoms with Gasteiger partial charge in [0, 0.05) is 5.56 Å². The first kappa shape index (κ1) is 10.7. The van der Waals surface area contributed by atoms with Crippen LogP contribution in [0.4, 0.5) is 8.78 Å². The summed E-state index contributed by atoms with van der Waals surface area (Å²) in [6.07, 6.45) is 2.56. The minimum absolute atomic E-state index is 0.0128. The zero-order chi connectivity index (χ0) is 11.9. The molecule has 0 radical (unpaired) electrons. The number of nitrogens with zero attached hydrogens (tertiary/aromatic N) is 1. The number of rotatable bonds is 2. The van der Waals surface area contributed by atoms with E-state index in [1.165, 1.54) is 18.5 Å². The van der Waals surface area contributed by atoms with Gasteiger partial charge in [0.15, 0.2) is 12.0 Å². The van der Waals surface area contributed by atoms with Crippen molar-refractivity contribution in [2.75, 3.05) is 6.54 Å². The summed E-state index contributed by atoms with van der Waals surface area (Å²) in [5.74, 6) is -2.86. The van der Waals surface area contributed by atoms with Crippen LogP contribution in [-0.2, 0) is 5.92 Å². The molecule has 1 fully saturated rings. The molecule has 2 aromatic rings. The van der Waals surface area contributed by atoms with Gasteiger partial charge in [-0.2, -0.15) is 8.78 Å². The Bertz CT molecular complexity index is 532. The van der Waals surface area contributed by atoms with Gasteiger partial charge in [0.2, 0.25) is 0 Å². The van der Waals surface area contributed by atoms with E-state index in [9.17, 15) is 8.78 Å². The number of oxazole rings is 1. The molecule has 3 nitrogen and oxygen atoms in total. The number of benzene rings is 1. The first-order chi connectivity index (χ1) is 8.18. The zero-order valence-corrected chi connectivity index (χ0v) is 9.12. The van der Waals surface area contributed by atoms with Gasteiger partial charge >= 0.3 is 0 Å². The van der Waals surface area contributed by atoms with Gasteiger partial charge in [0.05, 0.1) is 6.04 Å². The van der Waals surface area contributed by atoms with Gasteiger partial charge in [-0.1, -0.05) is 6.07 Å². The van der Waals surface area contributed by atoms with E-state index >= 15 is 0 Å². The van der Waals surface area contributed by atoms with Gasteiger partial charge in [0.25, 0.3) is 5.92 Å². The Morgan fingerprint density at radius 3 is 3.06 bits per heavy atom. The Labute approximate surface area is 96.8 Å². The molecular formula is C12H12F2N2O. The second-order valence-corrected chi connectivity index (χ2v) is 4.31. The molecule has 0 spiro atoms. The minimum atomic E-state index is -2.86. The molecule has 1 aliphatic heterocycles. The number of halogens is 2. The summed E-state index contributed by atoms with van der Waals surface area (Å²) in [6, 6.07) is 3.59. The van der Waals surface area contributed by atoms with Crippen molar-refractivity contribution in [1.29, 1.82) is 0 Å². The summed E-state index contributed by atoms with van der Waals surface area (Å²) in [6.45, 7) is 0.658. The smallest absolute Gasteiger partial charge is 0.288 e. The maximum Gasteiger partial charge on any atom is 0.288 e. The second-order valence-electron chi connectivity index (χ2n) is 4.31. The van der Waals surface area contributed by atoms with E-state index in [2.05, 4.69) is 10.3 Å². The normalized spacial score (nSPS) is 21.2. The Morgan fingerprint density at radius 1 is 1.41 bits per heavy atom. The summed E-state index contributed by atoms with van der Waals surface area (Å²) in [4.78, 5) is 3.91. The van der Waals surface area contributed by atoms with Crippen molar-refractivity contribution >= 4 is 11.1 Å². The zero-order valence-electron chi connectivity index (χ0n) is 9.12. The second kappa shape index (κ2) is 3.77. The van der Waals surface area contributed by atoms with Crippen LogP contribution < -0.4 is 5.32 Å². The Morgan fingerprint density at radius 2 is 2.29 bits per heavy atom. The molecule has 2 heterocycles. The number of alkyl halides is 2. The van der Waals surface area contributed by atoms with E-state index in [1.807, 2.05) is 0 Å². The highest BCUT2D eigenvalue weighted by molar-refractivity contribution is 5.73. The molecule has 1 atom stereocenters. The molecule has 5 heteroatoms. The summed E-state index contributed by atoms with van der Waals surface area (Å²) >= 11 is 0. The van der Waals surface area contributed by atoms with Crippen LogP contribution in [0.3, 0.4) is 0 Å². The van der Waals surface area contributed by atoms with Crippen LogP contribution in [0, 0.1) is 0 Å². The van der Waals surface area contributed by atoms with E-state index in [1.54, 1.807) is 6.07 Å². The maximum atomic E-state index is 14.2. The van der Waals surface area contributed by atoms with Crippen LogP contribution in [0.1, 0.15) is 18.4 Å². The highest BCUT2D eigenvalue weighted by Gasteiger charge is 2.42. The first-order valence-corrected chi connectivity index (χ1v) is 5.63. The molecular weight excluding hydrogens is 226 g/mol. The Balaban J connectivity index is 2.00. The lowest BCUT2D eigenvalue weighted by atomic mass is 9.99. The minimum Gasteiger partial charge on any atom is -0.443 e. The molecule has 17 heavy (non-hydrogen) atoms. The van der Waals surface area contributed by atoms with Gasteiger partial charge in [-0.15, -0.1) is 0 Å². The lowest BCUT2D eigenvalue weighted by molar-refractivity contribution is -0.0375. The molecule has 1 aromatic carbocycles. The van der Waals surface area contributed by atoms with Crippen LogP contribution in [0.2, 0.25) is 0 Å². The van der Waals surface area contributed by atoms with Crippen molar-refractivity contribution < 1.29 is 13.2 Å². The van der Waals surface area contributed by atoms with Gasteiger partial charge in [0.1, 0.15) is 5.52 Å². The lowest BCUT2D eigenvalue weighted by Gasteiger charge is -2.23. The monoisotopic (exact) mass is 238 g/mol. The predicted molar refractivity (Wildman–Crippen MR) is 58.9 cm³/mol. The van der Waals surface area contributed by atoms with Gasteiger partial charge in [-0.25, -0.2) is 4.98 Å². The van der Waals surface area contributed by atoms with Gasteiger partial charge in [-0.05, 0) is 31.5 Å². The molecule has 90 valence electrons. The number of aromatic nitrogens is 1. The summed E-state index contributed by atoms with van der Waals surface area (Å²) in [5, 5.41) is 2.84. The van der Waals surface area contributed by atoms with Crippen molar-refractivity contribution in [2.45, 2.75) is 24.8 Å². The SMILES string of the molecule is FC(F)(c1ccc2ncoc2c1)C1CCCN1. The third-order valence-corrected chi connectivity index (χ3v) is 3.21. The van der Waals surface area contributed by atoms with Gasteiger partial charge in [-0.3, -0.25) is 0 Å². The quantitative estimate of drug-likeness (QED) is 0.874. The average Bonchev–Trinajstić information content (AvgIpc) is 2.99. The van der Waals surface area contributed by atoms with Crippen LogP contribution in [0.25, 0.3) is 11.1 Å². The fourth-order valence-electron chi connectivity index (χ4n) is 2.26. The fourth-order valence-corrected chi connectivity index (χ4v) is 2.26. The van der Waals surface area contributed by atoms with Crippen molar-refractivity contribution in [2.24, 2.45) is 0 Å². The van der Waals surface area contributed by atoms with Crippen molar-refractivity contribution in [3.63, 3.8) is 0 Å². The molecule has 0 amide bonds. The molecule has 0 bridgehead atoms. The number of hydrogen-bond donors (Lipinski definition) is 1. The van der Waals surface area contributed by atoms with Crippen molar-refractivity contribution in [1.82, 2.24) is 10.3 Å². The molecule has 1 N–H and O–H groups in total. The number of nitrogens with one attached hydrogen (secondary N) is 1. The van der Waals surface area contributed by atoms with Crippen LogP contribution >= 0.6 is 0 Å². The molecule has 1 unspecified atom stereocenters. The van der Waals surface area contributed by atoms with Crippen molar-refractivity contribution in [3.8, 4) is 0 Å². The Hall–Kier alpha value is -1.49. The number of hydrogen-bond acceptors (Lipinski definition) is 3. The van der Waals surface area contributed by atoms with E-state index in [0.717, 1.165) is 6.42 Å². The first-order valence-electron chi connectivity index (χ1n) is 5.63. The third kappa shape index (κ3) is 1.70. The van der Waals surface area contributed by atoms with Crippen LogP contribution in [-0.4, -0.2) is 17.6 Å². The summed E-state index contributed by atoms with van der Waals surface area (Å²) in [5.41, 5.74) is 0.991. The van der Waals surface area contributed by atoms with E-state index < -0.39 is 12.0 Å². The molecule has 1 saturated heterocycles. The molecule has 0 aliphatic carbocycles. The highest BCUT2D eigenvalue weighted by Crippen LogP contribution is 2.36. The highest BCUT2D eigenvalue weighted by atomic mass is 19.3. The molecule has 1 aliphatic rings. The largest absolute Gasteiger partial charge is 0.443 e. The molecule has 1 aromatic heterocycles. The topological polar surface area (TPSA) is 38.1 Å².